The highest BCUT2D eigenvalue weighted by Gasteiger charge is 2.27. The van der Waals surface area contributed by atoms with Crippen LogP contribution >= 0.6 is 0 Å². The van der Waals surface area contributed by atoms with Gasteiger partial charge in [-0.3, -0.25) is 0 Å². The van der Waals surface area contributed by atoms with Crippen LogP contribution in [0.25, 0.3) is 0 Å². The van der Waals surface area contributed by atoms with Crippen molar-refractivity contribution in [3.8, 4) is 0 Å². The summed E-state index contributed by atoms with van der Waals surface area (Å²) in [4.78, 5) is 0. The summed E-state index contributed by atoms with van der Waals surface area (Å²) in [6.45, 7) is 23.1. The van der Waals surface area contributed by atoms with E-state index >= 15 is 0 Å². The predicted octanol–water partition coefficient (Wildman–Crippen LogP) is 19.3. The lowest BCUT2D eigenvalue weighted by molar-refractivity contribution is -0.925. The lowest BCUT2D eigenvalue weighted by atomic mass is 10.1. The maximum atomic E-state index is 2.67. The SMILES string of the molecule is CCCCCCCCCCCC[N+](C)(C)CCC[N+](C)(CCCCCCCCCCCC)CCCC[N+](C)(CCCCCCCCCCCC)CCC[N+](C)(C)CCCCCCCCCCCC. The van der Waals surface area contributed by atoms with E-state index < -0.39 is 0 Å². The molecule has 0 amide bonds. The molecule has 0 heterocycles. The third-order valence-electron chi connectivity index (χ3n) is 16.9. The van der Waals surface area contributed by atoms with Crippen molar-refractivity contribution < 1.29 is 17.9 Å². The zero-order valence-electron chi connectivity index (χ0n) is 50.0. The van der Waals surface area contributed by atoms with E-state index in [1.54, 1.807) is 0 Å². The van der Waals surface area contributed by atoms with E-state index in [9.17, 15) is 0 Å². The number of nitrogens with zero attached hydrogens (tertiary/aromatic N) is 4. The number of quaternary nitrogens is 4. The average molecular weight is 964 g/mol. The Morgan fingerprint density at radius 2 is 0.279 bits per heavy atom. The third-order valence-corrected chi connectivity index (χ3v) is 16.9. The van der Waals surface area contributed by atoms with Crippen molar-refractivity contribution in [2.24, 2.45) is 0 Å². The highest BCUT2D eigenvalue weighted by atomic mass is 15.4. The second-order valence-corrected chi connectivity index (χ2v) is 25.5. The number of rotatable bonds is 57. The van der Waals surface area contributed by atoms with Gasteiger partial charge in [0.1, 0.15) is 0 Å². The van der Waals surface area contributed by atoms with Gasteiger partial charge in [-0.25, -0.2) is 0 Å². The molecule has 0 radical (unpaired) electrons. The molecule has 68 heavy (non-hydrogen) atoms. The first-order valence-electron chi connectivity index (χ1n) is 32.2. The van der Waals surface area contributed by atoms with Gasteiger partial charge < -0.3 is 17.9 Å². The molecule has 2 unspecified atom stereocenters. The lowest BCUT2D eigenvalue weighted by Gasteiger charge is -2.38. The van der Waals surface area contributed by atoms with Crippen molar-refractivity contribution in [1.82, 2.24) is 0 Å². The summed E-state index contributed by atoms with van der Waals surface area (Å²) < 4.78 is 5.09. The first-order valence-corrected chi connectivity index (χ1v) is 32.2. The van der Waals surface area contributed by atoms with Crippen LogP contribution < -0.4 is 0 Å². The van der Waals surface area contributed by atoms with E-state index in [0.717, 1.165) is 0 Å². The van der Waals surface area contributed by atoms with Crippen molar-refractivity contribution in [2.45, 2.75) is 310 Å². The van der Waals surface area contributed by atoms with Crippen molar-refractivity contribution in [3.63, 3.8) is 0 Å². The van der Waals surface area contributed by atoms with Crippen LogP contribution in [0.2, 0.25) is 0 Å². The van der Waals surface area contributed by atoms with Gasteiger partial charge in [0.25, 0.3) is 0 Å². The fraction of sp³-hybridized carbons (Fsp3) is 1.00. The first-order chi connectivity index (χ1) is 32.9. The summed E-state index contributed by atoms with van der Waals surface area (Å²) in [5.74, 6) is 0. The van der Waals surface area contributed by atoms with Crippen molar-refractivity contribution >= 4 is 0 Å². The van der Waals surface area contributed by atoms with E-state index in [0.29, 0.717) is 0 Å². The predicted molar refractivity (Wildman–Crippen MR) is 311 cm³/mol. The van der Waals surface area contributed by atoms with Crippen LogP contribution in [0, 0.1) is 0 Å². The smallest absolute Gasteiger partial charge is 0.0838 e. The molecule has 0 spiro atoms. The Hall–Kier alpha value is -0.160. The molecule has 410 valence electrons. The molecular formula is C64H138N4+4. The molecule has 0 aliphatic heterocycles. The summed E-state index contributed by atoms with van der Waals surface area (Å²) in [5.41, 5.74) is 0. The molecule has 0 saturated carbocycles. The van der Waals surface area contributed by atoms with Crippen LogP contribution in [0.4, 0.5) is 0 Å². The zero-order chi connectivity index (χ0) is 50.2. The Labute approximate surface area is 434 Å². The van der Waals surface area contributed by atoms with Gasteiger partial charge in [0.05, 0.1) is 108 Å². The van der Waals surface area contributed by atoms with E-state index in [1.807, 2.05) is 0 Å². The summed E-state index contributed by atoms with van der Waals surface area (Å²) in [6, 6.07) is 0. The maximum Gasteiger partial charge on any atom is 0.0838 e. The summed E-state index contributed by atoms with van der Waals surface area (Å²) in [5, 5.41) is 0. The van der Waals surface area contributed by atoms with Crippen LogP contribution in [0.1, 0.15) is 310 Å². The van der Waals surface area contributed by atoms with Gasteiger partial charge in [-0.2, -0.15) is 0 Å². The molecule has 0 fully saturated rings. The average Bonchev–Trinajstić information content (AvgIpc) is 3.30. The van der Waals surface area contributed by atoms with Gasteiger partial charge in [0, 0.05) is 25.7 Å². The fourth-order valence-electron chi connectivity index (χ4n) is 11.7. The number of unbranched alkanes of at least 4 members (excludes halogenated alkanes) is 37. The Bertz CT molecular complexity index is 916. The molecule has 0 aliphatic rings. The van der Waals surface area contributed by atoms with E-state index in [4.69, 9.17) is 0 Å². The fourth-order valence-corrected chi connectivity index (χ4v) is 11.7. The lowest BCUT2D eigenvalue weighted by Crippen LogP contribution is -2.50. The highest BCUT2D eigenvalue weighted by molar-refractivity contribution is 4.55. The van der Waals surface area contributed by atoms with Gasteiger partial charge in [0.2, 0.25) is 0 Å². The Balaban J connectivity index is 5.24. The molecule has 0 aromatic heterocycles. The standard InChI is InChI=1S/C64H138N4/c1-11-15-19-23-27-31-35-39-43-47-55-65(5,6)57-53-63-67(9,59-49-45-41-37-33-29-25-21-17-13-3)61-51-52-62-68(10,60-50-46-42-38-34-30-26-22-18-14-4)64-54-58-66(7,8)56-48-44-40-36-32-28-24-20-16-12-2/h11-64H2,1-10H3/q+4. The van der Waals surface area contributed by atoms with Crippen LogP contribution in [0.3, 0.4) is 0 Å². The summed E-state index contributed by atoms with van der Waals surface area (Å²) in [7, 11) is 15.5. The first kappa shape index (κ1) is 67.8. The van der Waals surface area contributed by atoms with E-state index in [1.165, 1.54) is 366 Å². The highest BCUT2D eigenvalue weighted by Crippen LogP contribution is 2.20. The van der Waals surface area contributed by atoms with Crippen LogP contribution in [0.15, 0.2) is 0 Å². The van der Waals surface area contributed by atoms with Gasteiger partial charge in [-0.05, 0) is 51.4 Å². The van der Waals surface area contributed by atoms with Crippen LogP contribution in [0.5, 0.6) is 0 Å². The molecule has 0 N–H and O–H groups in total. The Morgan fingerprint density at radius 1 is 0.147 bits per heavy atom. The molecule has 0 rings (SSSR count). The zero-order valence-corrected chi connectivity index (χ0v) is 50.0. The normalized spacial score (nSPS) is 14.2. The Kier molecular flexibility index (Phi) is 47.7. The van der Waals surface area contributed by atoms with Crippen LogP contribution in [-0.2, 0) is 0 Å². The van der Waals surface area contributed by atoms with Gasteiger partial charge in [-0.15, -0.1) is 0 Å². The minimum atomic E-state index is 1.22. The molecule has 0 aromatic rings. The maximum absolute atomic E-state index is 2.67. The number of hydrogen-bond acceptors (Lipinski definition) is 0. The monoisotopic (exact) mass is 963 g/mol. The molecule has 0 aromatic carbocycles. The minimum Gasteiger partial charge on any atom is -0.328 e. The molecule has 2 atom stereocenters. The van der Waals surface area contributed by atoms with Crippen molar-refractivity contribution in [1.29, 1.82) is 0 Å². The molecule has 0 saturated heterocycles. The van der Waals surface area contributed by atoms with E-state index in [2.05, 4.69) is 70.0 Å². The van der Waals surface area contributed by atoms with Crippen LogP contribution in [-0.4, -0.2) is 126 Å². The molecule has 0 bridgehead atoms. The van der Waals surface area contributed by atoms with E-state index in [-0.39, 0.29) is 0 Å². The third kappa shape index (κ3) is 46.9. The molecular weight excluding hydrogens is 825 g/mol. The number of hydrogen-bond donors (Lipinski definition) is 0. The summed E-state index contributed by atoms with van der Waals surface area (Å²) in [6.07, 6.45) is 63.3. The molecule has 4 nitrogen and oxygen atoms in total. The topological polar surface area (TPSA) is 0 Å². The summed E-state index contributed by atoms with van der Waals surface area (Å²) >= 11 is 0. The second-order valence-electron chi connectivity index (χ2n) is 25.5. The largest absolute Gasteiger partial charge is 0.328 e. The second kappa shape index (κ2) is 47.8. The van der Waals surface area contributed by atoms with Crippen molar-refractivity contribution in [3.05, 3.63) is 0 Å². The molecule has 0 aliphatic carbocycles. The van der Waals surface area contributed by atoms with Gasteiger partial charge >= 0.3 is 0 Å². The minimum absolute atomic E-state index is 1.22. The quantitative estimate of drug-likeness (QED) is 0.0421. The van der Waals surface area contributed by atoms with Gasteiger partial charge in [-0.1, -0.05) is 233 Å². The van der Waals surface area contributed by atoms with Crippen molar-refractivity contribution in [2.75, 3.05) is 108 Å². The molecule has 4 heteroatoms. The van der Waals surface area contributed by atoms with Gasteiger partial charge in [0.15, 0.2) is 0 Å². The Morgan fingerprint density at radius 3 is 0.485 bits per heavy atom.